The largest absolute Gasteiger partial charge is 0.460 e. The summed E-state index contributed by atoms with van der Waals surface area (Å²) in [6.45, 7) is 1.46. The Balaban J connectivity index is 3.39. The van der Waals surface area contributed by atoms with Crippen molar-refractivity contribution in [2.24, 2.45) is 0 Å². The maximum Gasteiger partial charge on any atom is 0.379 e. The molecule has 1 aromatic carbocycles. The fourth-order valence-electron chi connectivity index (χ4n) is 1.37. The van der Waals surface area contributed by atoms with Crippen molar-refractivity contribution in [2.75, 3.05) is 12.9 Å². The Labute approximate surface area is 103 Å². The van der Waals surface area contributed by atoms with Crippen LogP contribution < -0.4 is 0 Å². The normalized spacial score (nSPS) is 11.1. The summed E-state index contributed by atoms with van der Waals surface area (Å²) < 4.78 is 40.8. The molecule has 0 atom stereocenters. The van der Waals surface area contributed by atoms with Crippen LogP contribution in [0.2, 0.25) is 0 Å². The van der Waals surface area contributed by atoms with E-state index in [1.54, 1.807) is 0 Å². The van der Waals surface area contributed by atoms with Gasteiger partial charge in [-0.15, -0.1) is 0 Å². The molecule has 0 bridgehead atoms. The van der Waals surface area contributed by atoms with E-state index in [2.05, 4.69) is 4.74 Å². The van der Waals surface area contributed by atoms with E-state index in [1.165, 1.54) is 6.92 Å². The zero-order valence-corrected chi connectivity index (χ0v) is 10.6. The second kappa shape index (κ2) is 5.26. The van der Waals surface area contributed by atoms with Gasteiger partial charge in [0, 0.05) is 6.26 Å². The van der Waals surface area contributed by atoms with Gasteiger partial charge in [-0.3, -0.25) is 4.79 Å². The van der Waals surface area contributed by atoms with Gasteiger partial charge in [0.1, 0.15) is 10.7 Å². The lowest BCUT2D eigenvalue weighted by Gasteiger charge is -2.07. The van der Waals surface area contributed by atoms with E-state index in [9.17, 15) is 22.4 Å². The summed E-state index contributed by atoms with van der Waals surface area (Å²) in [5.74, 6) is -3.47. The van der Waals surface area contributed by atoms with Gasteiger partial charge in [0.05, 0.1) is 12.2 Å². The minimum absolute atomic E-state index is 0.0336. The Morgan fingerprint density at radius 2 is 1.94 bits per heavy atom. The van der Waals surface area contributed by atoms with Gasteiger partial charge in [0.15, 0.2) is 9.84 Å². The Hall–Kier alpha value is -1.76. The van der Waals surface area contributed by atoms with Gasteiger partial charge in [-0.25, -0.2) is 17.6 Å². The van der Waals surface area contributed by atoms with Crippen LogP contribution in [0.1, 0.15) is 17.3 Å². The third-order valence-electron chi connectivity index (χ3n) is 2.04. The van der Waals surface area contributed by atoms with Crippen LogP contribution >= 0.6 is 0 Å². The molecule has 0 aliphatic rings. The lowest BCUT2D eigenvalue weighted by atomic mass is 10.1. The molecular formula is C11H11FO5S. The molecule has 0 aliphatic carbocycles. The summed E-state index contributed by atoms with van der Waals surface area (Å²) in [4.78, 5) is 22.1. The van der Waals surface area contributed by atoms with Crippen molar-refractivity contribution >= 4 is 21.6 Å². The summed E-state index contributed by atoms with van der Waals surface area (Å²) in [6.07, 6.45) is 0.757. The van der Waals surface area contributed by atoms with E-state index in [-0.39, 0.29) is 6.61 Å². The molecule has 18 heavy (non-hydrogen) atoms. The summed E-state index contributed by atoms with van der Waals surface area (Å²) in [5.41, 5.74) is -0.518. The quantitative estimate of drug-likeness (QED) is 0.464. The molecule has 1 rings (SSSR count). The molecule has 0 saturated heterocycles. The molecule has 0 fully saturated rings. The molecule has 98 valence electrons. The predicted octanol–water partition coefficient (Wildman–Crippen LogP) is 0.975. The molecule has 0 saturated carbocycles. The van der Waals surface area contributed by atoms with E-state index < -0.39 is 37.9 Å². The van der Waals surface area contributed by atoms with Crippen LogP contribution in [0.25, 0.3) is 0 Å². The van der Waals surface area contributed by atoms with Gasteiger partial charge in [-0.2, -0.15) is 0 Å². The molecule has 0 heterocycles. The number of Topliss-reactive ketones (excluding diaryl/α,β-unsaturated/α-hetero) is 1. The maximum absolute atomic E-state index is 13.5. The van der Waals surface area contributed by atoms with Crippen molar-refractivity contribution in [1.29, 1.82) is 0 Å². The predicted molar refractivity (Wildman–Crippen MR) is 60.5 cm³/mol. The minimum Gasteiger partial charge on any atom is -0.460 e. The van der Waals surface area contributed by atoms with Crippen LogP contribution in [0.3, 0.4) is 0 Å². The summed E-state index contributed by atoms with van der Waals surface area (Å²) in [5, 5.41) is 0. The van der Waals surface area contributed by atoms with Crippen LogP contribution in [-0.2, 0) is 19.4 Å². The third-order valence-corrected chi connectivity index (χ3v) is 3.20. The van der Waals surface area contributed by atoms with Gasteiger partial charge in [0.25, 0.3) is 5.78 Å². The molecule has 7 heteroatoms. The Bertz CT molecular complexity index is 591. The number of halogens is 1. The number of rotatable bonds is 4. The van der Waals surface area contributed by atoms with E-state index >= 15 is 0 Å². The van der Waals surface area contributed by atoms with Crippen molar-refractivity contribution in [3.05, 3.63) is 29.6 Å². The van der Waals surface area contributed by atoms with Crippen LogP contribution in [0.5, 0.6) is 0 Å². The zero-order valence-electron chi connectivity index (χ0n) is 9.77. The summed E-state index contributed by atoms with van der Waals surface area (Å²) in [7, 11) is -3.96. The zero-order chi connectivity index (χ0) is 13.9. The highest BCUT2D eigenvalue weighted by Crippen LogP contribution is 2.20. The molecular weight excluding hydrogens is 263 g/mol. The first-order chi connectivity index (χ1) is 8.29. The molecule has 5 nitrogen and oxygen atoms in total. The van der Waals surface area contributed by atoms with Gasteiger partial charge >= 0.3 is 5.97 Å². The highest BCUT2D eigenvalue weighted by molar-refractivity contribution is 7.90. The van der Waals surface area contributed by atoms with Gasteiger partial charge < -0.3 is 4.74 Å². The van der Waals surface area contributed by atoms with Crippen LogP contribution in [0.15, 0.2) is 23.1 Å². The van der Waals surface area contributed by atoms with Crippen molar-refractivity contribution < 1.29 is 27.1 Å². The SMILES string of the molecule is CCOC(=O)C(=O)c1cccc(F)c1S(C)(=O)=O. The number of carbonyl (C=O) groups excluding carboxylic acids is 2. The minimum atomic E-state index is -3.96. The topological polar surface area (TPSA) is 77.5 Å². The van der Waals surface area contributed by atoms with Crippen molar-refractivity contribution in [2.45, 2.75) is 11.8 Å². The fraction of sp³-hybridized carbons (Fsp3) is 0.273. The van der Waals surface area contributed by atoms with E-state index in [0.717, 1.165) is 24.5 Å². The van der Waals surface area contributed by atoms with Crippen LogP contribution in [-0.4, -0.2) is 33.0 Å². The second-order valence-electron chi connectivity index (χ2n) is 3.44. The second-order valence-corrected chi connectivity index (χ2v) is 5.39. The number of carbonyl (C=O) groups is 2. The number of sulfone groups is 1. The van der Waals surface area contributed by atoms with E-state index in [4.69, 9.17) is 0 Å². The standard InChI is InChI=1S/C11H11FO5S/c1-3-17-11(14)9(13)7-5-4-6-8(12)10(7)18(2,15)16/h4-6H,3H2,1-2H3. The molecule has 0 aromatic heterocycles. The highest BCUT2D eigenvalue weighted by Gasteiger charge is 2.27. The molecule has 0 spiro atoms. The van der Waals surface area contributed by atoms with E-state index in [0.29, 0.717) is 0 Å². The van der Waals surface area contributed by atoms with Gasteiger partial charge in [-0.05, 0) is 19.1 Å². The fourth-order valence-corrected chi connectivity index (χ4v) is 2.35. The number of ketones is 1. The van der Waals surface area contributed by atoms with Crippen molar-refractivity contribution in [1.82, 2.24) is 0 Å². The molecule has 0 unspecified atom stereocenters. The molecule has 0 amide bonds. The van der Waals surface area contributed by atoms with Crippen molar-refractivity contribution in [3.8, 4) is 0 Å². The number of esters is 1. The molecule has 0 radical (unpaired) electrons. The average Bonchev–Trinajstić information content (AvgIpc) is 2.26. The van der Waals surface area contributed by atoms with Gasteiger partial charge in [-0.1, -0.05) is 6.07 Å². The van der Waals surface area contributed by atoms with Crippen molar-refractivity contribution in [3.63, 3.8) is 0 Å². The number of benzene rings is 1. The number of hydrogen-bond donors (Lipinski definition) is 0. The van der Waals surface area contributed by atoms with Crippen LogP contribution in [0, 0.1) is 5.82 Å². The first-order valence-electron chi connectivity index (χ1n) is 4.99. The number of hydrogen-bond acceptors (Lipinski definition) is 5. The van der Waals surface area contributed by atoms with E-state index in [1.807, 2.05) is 0 Å². The molecule has 1 aromatic rings. The van der Waals surface area contributed by atoms with Crippen LogP contribution in [0.4, 0.5) is 4.39 Å². The Morgan fingerprint density at radius 3 is 2.44 bits per heavy atom. The highest BCUT2D eigenvalue weighted by atomic mass is 32.2. The summed E-state index contributed by atoms with van der Waals surface area (Å²) >= 11 is 0. The Kier molecular flexibility index (Phi) is 4.18. The summed E-state index contributed by atoms with van der Waals surface area (Å²) in [6, 6.07) is 3.12. The first-order valence-corrected chi connectivity index (χ1v) is 6.88. The number of ether oxygens (including phenoxy) is 1. The third kappa shape index (κ3) is 2.92. The smallest absolute Gasteiger partial charge is 0.379 e. The lowest BCUT2D eigenvalue weighted by molar-refractivity contribution is -0.137. The average molecular weight is 274 g/mol. The Morgan fingerprint density at radius 1 is 1.33 bits per heavy atom. The molecule has 0 N–H and O–H groups in total. The molecule has 0 aliphatic heterocycles. The lowest BCUT2D eigenvalue weighted by Crippen LogP contribution is -2.20. The monoisotopic (exact) mass is 274 g/mol. The van der Waals surface area contributed by atoms with Gasteiger partial charge in [0.2, 0.25) is 0 Å². The maximum atomic E-state index is 13.5. The first kappa shape index (κ1) is 14.3.